The van der Waals surface area contributed by atoms with Crippen molar-refractivity contribution in [1.82, 2.24) is 14.7 Å². The van der Waals surface area contributed by atoms with Crippen LogP contribution >= 0.6 is 0 Å². The Morgan fingerprint density at radius 2 is 2.00 bits per heavy atom. The SMILES string of the molecule is Cc1cc([N+](=O)[O-])c(S(=O)(=O)NCc2cnc[nH]2)cc1C. The molecule has 2 aromatic rings. The molecule has 0 saturated carbocycles. The third-order valence-electron chi connectivity index (χ3n) is 3.07. The highest BCUT2D eigenvalue weighted by Gasteiger charge is 2.26. The van der Waals surface area contributed by atoms with Crippen LogP contribution < -0.4 is 4.72 Å². The Morgan fingerprint density at radius 1 is 1.33 bits per heavy atom. The second-order valence-corrected chi connectivity index (χ2v) is 6.30. The van der Waals surface area contributed by atoms with Crippen molar-refractivity contribution in [2.45, 2.75) is 25.3 Å². The topological polar surface area (TPSA) is 118 Å². The first-order valence-corrected chi connectivity index (χ1v) is 7.52. The van der Waals surface area contributed by atoms with Gasteiger partial charge in [0, 0.05) is 18.0 Å². The van der Waals surface area contributed by atoms with E-state index >= 15 is 0 Å². The van der Waals surface area contributed by atoms with Crippen LogP contribution in [0.15, 0.2) is 29.6 Å². The predicted octanol–water partition coefficient (Wildman–Crippen LogP) is 1.41. The Hall–Kier alpha value is -2.26. The molecule has 0 aliphatic heterocycles. The van der Waals surface area contributed by atoms with Crippen molar-refractivity contribution >= 4 is 15.7 Å². The van der Waals surface area contributed by atoms with Gasteiger partial charge in [-0.3, -0.25) is 10.1 Å². The number of hydrogen-bond donors (Lipinski definition) is 2. The summed E-state index contributed by atoms with van der Waals surface area (Å²) >= 11 is 0. The van der Waals surface area contributed by atoms with Crippen LogP contribution in [0.1, 0.15) is 16.8 Å². The minimum absolute atomic E-state index is 0.0214. The summed E-state index contributed by atoms with van der Waals surface area (Å²) in [6.07, 6.45) is 2.89. The molecule has 21 heavy (non-hydrogen) atoms. The van der Waals surface area contributed by atoms with E-state index in [1.807, 2.05) is 0 Å². The number of aromatic nitrogens is 2. The molecule has 0 aliphatic carbocycles. The minimum Gasteiger partial charge on any atom is -0.347 e. The van der Waals surface area contributed by atoms with Gasteiger partial charge in [0.1, 0.15) is 0 Å². The Bertz CT molecular complexity index is 769. The number of aryl methyl sites for hydroxylation is 2. The van der Waals surface area contributed by atoms with Gasteiger partial charge in [0.2, 0.25) is 10.0 Å². The fourth-order valence-corrected chi connectivity index (χ4v) is 3.01. The Morgan fingerprint density at radius 3 is 2.57 bits per heavy atom. The van der Waals surface area contributed by atoms with Gasteiger partial charge < -0.3 is 4.98 Å². The lowest BCUT2D eigenvalue weighted by Gasteiger charge is -2.09. The molecule has 1 heterocycles. The zero-order chi connectivity index (χ0) is 15.6. The van der Waals surface area contributed by atoms with E-state index in [0.717, 1.165) is 0 Å². The van der Waals surface area contributed by atoms with Gasteiger partial charge in [-0.1, -0.05) is 0 Å². The summed E-state index contributed by atoms with van der Waals surface area (Å²) in [5, 5.41) is 11.1. The smallest absolute Gasteiger partial charge is 0.289 e. The van der Waals surface area contributed by atoms with E-state index in [9.17, 15) is 18.5 Å². The number of hydrogen-bond acceptors (Lipinski definition) is 5. The van der Waals surface area contributed by atoms with Crippen molar-refractivity contribution in [3.63, 3.8) is 0 Å². The molecule has 8 nitrogen and oxygen atoms in total. The van der Waals surface area contributed by atoms with Crippen LogP contribution in [-0.4, -0.2) is 23.3 Å². The number of nitro groups is 1. The van der Waals surface area contributed by atoms with Gasteiger partial charge in [-0.05, 0) is 31.0 Å². The summed E-state index contributed by atoms with van der Waals surface area (Å²) < 4.78 is 26.8. The zero-order valence-corrected chi connectivity index (χ0v) is 12.3. The van der Waals surface area contributed by atoms with Crippen LogP contribution in [0.3, 0.4) is 0 Å². The molecule has 0 radical (unpaired) electrons. The quantitative estimate of drug-likeness (QED) is 0.639. The minimum atomic E-state index is -3.99. The van der Waals surface area contributed by atoms with Crippen molar-refractivity contribution in [3.8, 4) is 0 Å². The van der Waals surface area contributed by atoms with E-state index in [1.54, 1.807) is 13.8 Å². The number of nitro benzene ring substituents is 1. The lowest BCUT2D eigenvalue weighted by Crippen LogP contribution is -2.24. The van der Waals surface area contributed by atoms with Crippen molar-refractivity contribution in [2.75, 3.05) is 0 Å². The van der Waals surface area contributed by atoms with Gasteiger partial charge in [-0.2, -0.15) is 0 Å². The number of H-pyrrole nitrogens is 1. The molecule has 0 unspecified atom stereocenters. The second kappa shape index (κ2) is 5.62. The fourth-order valence-electron chi connectivity index (χ4n) is 1.76. The molecular weight excluding hydrogens is 296 g/mol. The molecule has 0 spiro atoms. The molecule has 0 atom stereocenters. The summed E-state index contributed by atoms with van der Waals surface area (Å²) in [4.78, 5) is 16.5. The van der Waals surface area contributed by atoms with Crippen LogP contribution in [0, 0.1) is 24.0 Å². The van der Waals surface area contributed by atoms with Crippen LogP contribution in [0.5, 0.6) is 0 Å². The van der Waals surface area contributed by atoms with Crippen molar-refractivity contribution in [2.24, 2.45) is 0 Å². The third kappa shape index (κ3) is 3.26. The summed E-state index contributed by atoms with van der Waals surface area (Å²) in [5.41, 5.74) is 1.46. The zero-order valence-electron chi connectivity index (χ0n) is 11.5. The number of nitrogens with zero attached hydrogens (tertiary/aromatic N) is 2. The standard InChI is InChI=1S/C12H14N4O4S/c1-8-3-11(16(17)18)12(4-9(8)2)21(19,20)15-6-10-5-13-7-14-10/h3-5,7,15H,6H2,1-2H3,(H,13,14). The van der Waals surface area contributed by atoms with E-state index < -0.39 is 20.6 Å². The van der Waals surface area contributed by atoms with Crippen LogP contribution in [0.25, 0.3) is 0 Å². The highest BCUT2D eigenvalue weighted by Crippen LogP contribution is 2.27. The van der Waals surface area contributed by atoms with E-state index in [1.165, 1.54) is 24.7 Å². The summed E-state index contributed by atoms with van der Waals surface area (Å²) in [6, 6.07) is 2.57. The number of benzene rings is 1. The molecule has 0 amide bonds. The van der Waals surface area contributed by atoms with Crippen molar-refractivity contribution in [3.05, 3.63) is 51.6 Å². The highest BCUT2D eigenvalue weighted by atomic mass is 32.2. The summed E-state index contributed by atoms with van der Waals surface area (Å²) in [6.45, 7) is 3.37. The van der Waals surface area contributed by atoms with Gasteiger partial charge in [0.25, 0.3) is 5.69 Å². The lowest BCUT2D eigenvalue weighted by molar-refractivity contribution is -0.387. The largest absolute Gasteiger partial charge is 0.347 e. The molecule has 2 rings (SSSR count). The first-order chi connectivity index (χ1) is 9.81. The van der Waals surface area contributed by atoms with Gasteiger partial charge in [0.05, 0.1) is 17.8 Å². The number of nitrogens with one attached hydrogen (secondary N) is 2. The molecule has 9 heteroatoms. The average molecular weight is 310 g/mol. The summed E-state index contributed by atoms with van der Waals surface area (Å²) in [5.74, 6) is 0. The molecule has 0 aliphatic rings. The predicted molar refractivity (Wildman–Crippen MR) is 75.2 cm³/mol. The molecule has 2 N–H and O–H groups in total. The number of sulfonamides is 1. The third-order valence-corrected chi connectivity index (χ3v) is 4.50. The number of imidazole rings is 1. The first kappa shape index (κ1) is 15.1. The van der Waals surface area contributed by atoms with Gasteiger partial charge in [-0.15, -0.1) is 0 Å². The van der Waals surface area contributed by atoms with Gasteiger partial charge >= 0.3 is 0 Å². The molecule has 0 saturated heterocycles. The Labute approximate surface area is 121 Å². The van der Waals surface area contributed by atoms with Crippen LogP contribution in [0.4, 0.5) is 5.69 Å². The highest BCUT2D eigenvalue weighted by molar-refractivity contribution is 7.89. The van der Waals surface area contributed by atoms with Crippen molar-refractivity contribution in [1.29, 1.82) is 0 Å². The molecular formula is C12H14N4O4S. The molecule has 0 fully saturated rings. The van der Waals surface area contributed by atoms with Crippen molar-refractivity contribution < 1.29 is 13.3 Å². The maximum Gasteiger partial charge on any atom is 0.289 e. The van der Waals surface area contributed by atoms with Gasteiger partial charge in [0.15, 0.2) is 4.90 Å². The van der Waals surface area contributed by atoms with Gasteiger partial charge in [-0.25, -0.2) is 18.1 Å². The Kier molecular flexibility index (Phi) is 4.05. The number of rotatable bonds is 5. The second-order valence-electron chi connectivity index (χ2n) is 4.56. The Balaban J connectivity index is 2.39. The average Bonchev–Trinajstić information content (AvgIpc) is 2.92. The van der Waals surface area contributed by atoms with E-state index in [-0.39, 0.29) is 11.4 Å². The lowest BCUT2D eigenvalue weighted by atomic mass is 10.1. The van der Waals surface area contributed by atoms with E-state index in [4.69, 9.17) is 0 Å². The number of aromatic amines is 1. The normalized spacial score (nSPS) is 11.5. The fraction of sp³-hybridized carbons (Fsp3) is 0.250. The molecule has 0 bridgehead atoms. The molecule has 1 aromatic carbocycles. The molecule has 112 valence electrons. The van der Waals surface area contributed by atoms with Crippen LogP contribution in [-0.2, 0) is 16.6 Å². The van der Waals surface area contributed by atoms with E-state index in [0.29, 0.717) is 16.8 Å². The maximum absolute atomic E-state index is 12.3. The molecule has 1 aromatic heterocycles. The monoisotopic (exact) mass is 310 g/mol. The maximum atomic E-state index is 12.3. The van der Waals surface area contributed by atoms with E-state index in [2.05, 4.69) is 14.7 Å². The first-order valence-electron chi connectivity index (χ1n) is 6.04. The summed E-state index contributed by atoms with van der Waals surface area (Å²) in [7, 11) is -3.99. The van der Waals surface area contributed by atoms with Crippen LogP contribution in [0.2, 0.25) is 0 Å².